The Labute approximate surface area is 172 Å². The highest BCUT2D eigenvalue weighted by Crippen LogP contribution is 2.38. The van der Waals surface area contributed by atoms with Gasteiger partial charge in [-0.1, -0.05) is 0 Å². The minimum atomic E-state index is -2.55. The van der Waals surface area contributed by atoms with Crippen molar-refractivity contribution >= 4 is 33.4 Å². The second kappa shape index (κ2) is 9.27. The molecule has 10 heteroatoms. The summed E-state index contributed by atoms with van der Waals surface area (Å²) < 4.78 is 34.5. The number of nitrogens with zero attached hydrogens (tertiary/aromatic N) is 2. The van der Waals surface area contributed by atoms with Crippen LogP contribution in [-0.2, 0) is 10.9 Å². The van der Waals surface area contributed by atoms with Crippen molar-refractivity contribution in [3.05, 3.63) is 23.9 Å². The van der Waals surface area contributed by atoms with E-state index < -0.39 is 16.8 Å². The average molecular weight is 424 g/mol. The van der Waals surface area contributed by atoms with Crippen LogP contribution in [0.25, 0.3) is 10.9 Å². The van der Waals surface area contributed by atoms with E-state index in [1.54, 1.807) is 20.3 Å². The summed E-state index contributed by atoms with van der Waals surface area (Å²) >= 11 is 0. The lowest BCUT2D eigenvalue weighted by Crippen LogP contribution is -2.36. The molecule has 0 aliphatic carbocycles. The molecule has 158 valence electrons. The number of carbonyl (C=O) groups is 1. The molecular formula is C19H27N4O5S+. The molecule has 1 saturated heterocycles. The van der Waals surface area contributed by atoms with Gasteiger partial charge in [0, 0.05) is 37.3 Å². The summed E-state index contributed by atoms with van der Waals surface area (Å²) in [5.41, 5.74) is 7.44. The molecule has 1 amide bonds. The van der Waals surface area contributed by atoms with Gasteiger partial charge >= 0.3 is 1.43 Å². The Bertz CT molecular complexity index is 969. The minimum Gasteiger partial charge on any atom is -0.493 e. The Hall–Kier alpha value is -2.59. The number of anilines is 1. The summed E-state index contributed by atoms with van der Waals surface area (Å²) in [6.45, 7) is 1.93. The molecular weight excluding hydrogens is 396 g/mol. The van der Waals surface area contributed by atoms with Crippen LogP contribution in [0.5, 0.6) is 11.5 Å². The third-order valence-corrected chi connectivity index (χ3v) is 5.82. The first kappa shape index (κ1) is 21.1. The molecule has 1 aromatic carbocycles. The van der Waals surface area contributed by atoms with Gasteiger partial charge in [-0.25, -0.2) is 13.1 Å². The molecule has 2 aromatic rings. The molecule has 2 heterocycles. The molecule has 3 rings (SSSR count). The number of carbonyl (C=O) groups excluding carboxylic acids is 1. The molecule has 0 unspecified atom stereocenters. The second-order valence-electron chi connectivity index (χ2n) is 6.99. The van der Waals surface area contributed by atoms with E-state index >= 15 is 0 Å². The number of ether oxygens (including phenoxy) is 2. The Morgan fingerprint density at radius 1 is 1.28 bits per heavy atom. The number of thiol groups is 1. The lowest BCUT2D eigenvalue weighted by Gasteiger charge is -2.35. The fourth-order valence-electron chi connectivity index (χ4n) is 3.83. The van der Waals surface area contributed by atoms with Gasteiger partial charge in [-0.15, -0.1) is 0 Å². The fraction of sp³-hybridized carbons (Fsp3) is 0.474. The Balaban J connectivity index is 0.00000320. The van der Waals surface area contributed by atoms with Crippen LogP contribution < -0.4 is 24.8 Å². The largest absolute Gasteiger partial charge is 1.00 e. The maximum Gasteiger partial charge on any atom is 1.00 e. The number of methoxy groups -OCH3 is 2. The number of hydrogen-bond acceptors (Lipinski definition) is 7. The van der Waals surface area contributed by atoms with Crippen LogP contribution in [0.3, 0.4) is 0 Å². The number of primary amides is 1. The molecule has 1 aromatic heterocycles. The number of hydrogen-bond donors (Lipinski definition) is 3. The first-order valence-corrected chi connectivity index (χ1v) is 10.6. The normalized spacial score (nSPS) is 15.1. The maximum absolute atomic E-state index is 12.1. The summed E-state index contributed by atoms with van der Waals surface area (Å²) in [5, 5.41) is 0.780. The quantitative estimate of drug-likeness (QED) is 0.545. The van der Waals surface area contributed by atoms with Gasteiger partial charge in [-0.3, -0.25) is 9.78 Å². The number of nitrogens with one attached hydrogen (secondary N) is 1. The van der Waals surface area contributed by atoms with Crippen molar-refractivity contribution in [2.24, 2.45) is 11.7 Å². The fourth-order valence-corrected chi connectivity index (χ4v) is 4.14. The van der Waals surface area contributed by atoms with Gasteiger partial charge in [0.1, 0.15) is 0 Å². The zero-order valence-corrected chi connectivity index (χ0v) is 17.4. The van der Waals surface area contributed by atoms with Gasteiger partial charge < -0.3 is 20.1 Å². The second-order valence-corrected chi connectivity index (χ2v) is 7.82. The van der Waals surface area contributed by atoms with Crippen LogP contribution in [0, 0.1) is 5.92 Å². The molecule has 0 bridgehead atoms. The molecule has 0 radical (unpaired) electrons. The topological polar surface area (TPSA) is 124 Å². The van der Waals surface area contributed by atoms with Crippen molar-refractivity contribution in [3.8, 4) is 11.5 Å². The average Bonchev–Trinajstić information content (AvgIpc) is 2.72. The molecule has 3 N–H and O–H groups in total. The monoisotopic (exact) mass is 423 g/mol. The number of pyridine rings is 1. The third kappa shape index (κ3) is 4.70. The van der Waals surface area contributed by atoms with E-state index in [1.807, 2.05) is 6.07 Å². The van der Waals surface area contributed by atoms with Gasteiger partial charge in [0.15, 0.2) is 11.5 Å². The molecule has 0 spiro atoms. The van der Waals surface area contributed by atoms with E-state index in [-0.39, 0.29) is 1.43 Å². The SMILES string of the molecule is COc1cc2ncc(C(N)=O)c(N3CCC(CCN[SH](=O)=O)CC3)c2cc1OC.[H+]. The highest BCUT2D eigenvalue weighted by molar-refractivity contribution is 7.70. The van der Waals surface area contributed by atoms with E-state index in [9.17, 15) is 13.2 Å². The molecule has 1 fully saturated rings. The molecule has 29 heavy (non-hydrogen) atoms. The van der Waals surface area contributed by atoms with E-state index in [0.29, 0.717) is 35.0 Å². The molecule has 1 aliphatic heterocycles. The molecule has 1 aliphatic rings. The van der Waals surface area contributed by atoms with Crippen molar-refractivity contribution < 1.29 is 24.1 Å². The number of piperidine rings is 1. The van der Waals surface area contributed by atoms with Gasteiger partial charge in [0.2, 0.25) is 10.9 Å². The summed E-state index contributed by atoms with van der Waals surface area (Å²) in [4.78, 5) is 18.6. The van der Waals surface area contributed by atoms with Crippen LogP contribution in [0.2, 0.25) is 0 Å². The summed E-state index contributed by atoms with van der Waals surface area (Å²) in [6, 6.07) is 3.61. The van der Waals surface area contributed by atoms with Crippen molar-refractivity contribution in [2.75, 3.05) is 38.8 Å². The minimum absolute atomic E-state index is 0. The van der Waals surface area contributed by atoms with Crippen LogP contribution in [0.4, 0.5) is 5.69 Å². The number of nitrogens with two attached hydrogens (primary N) is 1. The lowest BCUT2D eigenvalue weighted by atomic mass is 9.92. The smallest absolute Gasteiger partial charge is 0.493 e. The van der Waals surface area contributed by atoms with Crippen molar-refractivity contribution in [1.82, 2.24) is 9.71 Å². The molecule has 0 saturated carbocycles. The van der Waals surface area contributed by atoms with Crippen LogP contribution >= 0.6 is 0 Å². The third-order valence-electron chi connectivity index (χ3n) is 5.33. The van der Waals surface area contributed by atoms with Crippen molar-refractivity contribution in [2.45, 2.75) is 19.3 Å². The standard InChI is InChI=1S/C19H26N4O5S/c1-27-16-9-13-15(10-17(16)28-2)21-11-14(19(20)24)18(13)23-7-4-12(5-8-23)3-6-22-29(25)26/h9-12,29H,3-8H2,1-2H3,(H2,20,24)(H,22,25,26)/p+1. The highest BCUT2D eigenvalue weighted by Gasteiger charge is 2.25. The number of rotatable bonds is 8. The predicted molar refractivity (Wildman–Crippen MR) is 112 cm³/mol. The lowest BCUT2D eigenvalue weighted by molar-refractivity contribution is 0.100. The number of benzene rings is 1. The zero-order valence-electron chi connectivity index (χ0n) is 17.5. The summed E-state index contributed by atoms with van der Waals surface area (Å²) in [6.07, 6.45) is 4.09. The molecule has 9 nitrogen and oxygen atoms in total. The molecule has 0 atom stereocenters. The van der Waals surface area contributed by atoms with Crippen molar-refractivity contribution in [1.29, 1.82) is 0 Å². The zero-order chi connectivity index (χ0) is 21.0. The predicted octanol–water partition coefficient (Wildman–Crippen LogP) is 1.19. The van der Waals surface area contributed by atoms with E-state index in [4.69, 9.17) is 15.2 Å². The van der Waals surface area contributed by atoms with Crippen molar-refractivity contribution in [3.63, 3.8) is 0 Å². The van der Waals surface area contributed by atoms with E-state index in [0.717, 1.165) is 43.4 Å². The van der Waals surface area contributed by atoms with Gasteiger partial charge in [0.25, 0.3) is 5.91 Å². The van der Waals surface area contributed by atoms with E-state index in [1.165, 1.54) is 6.20 Å². The Morgan fingerprint density at radius 2 is 1.93 bits per heavy atom. The van der Waals surface area contributed by atoms with Crippen LogP contribution in [0.15, 0.2) is 18.3 Å². The van der Waals surface area contributed by atoms with Gasteiger partial charge in [0.05, 0.1) is 31.0 Å². The number of amides is 1. The van der Waals surface area contributed by atoms with E-state index in [2.05, 4.69) is 14.6 Å². The Kier molecular flexibility index (Phi) is 6.75. The number of aromatic nitrogens is 1. The first-order valence-electron chi connectivity index (χ1n) is 9.42. The summed E-state index contributed by atoms with van der Waals surface area (Å²) in [7, 11) is 0.566. The van der Waals surface area contributed by atoms with Gasteiger partial charge in [-0.2, -0.15) is 0 Å². The maximum atomic E-state index is 12.1. The van der Waals surface area contributed by atoms with Gasteiger partial charge in [-0.05, 0) is 31.2 Å². The van der Waals surface area contributed by atoms with Crippen LogP contribution in [-0.4, -0.2) is 53.2 Å². The number of fused-ring (bicyclic) bond motifs is 1. The first-order chi connectivity index (χ1) is 13.9. The van der Waals surface area contributed by atoms with Crippen LogP contribution in [0.1, 0.15) is 31.0 Å². The Morgan fingerprint density at radius 3 is 2.52 bits per heavy atom. The summed E-state index contributed by atoms with van der Waals surface area (Å²) in [5.74, 6) is 1.01. The highest BCUT2D eigenvalue weighted by atomic mass is 32.2.